The van der Waals surface area contributed by atoms with E-state index < -0.39 is 17.1 Å². The maximum atomic E-state index is 11.8. The lowest BCUT2D eigenvalue weighted by Gasteiger charge is -2.23. The standard InChI is InChI=1S/C12H21NO4/c1-11(2,3)17-9(14)8-5-6-12(13,7-8)10(15)16-4/h8H,5-7,13H2,1-4H3. The molecule has 0 aromatic carbocycles. The minimum atomic E-state index is -1.03. The molecule has 5 nitrogen and oxygen atoms in total. The summed E-state index contributed by atoms with van der Waals surface area (Å²) in [6.45, 7) is 5.45. The van der Waals surface area contributed by atoms with E-state index in [0.29, 0.717) is 19.3 Å². The van der Waals surface area contributed by atoms with Crippen LogP contribution in [0.3, 0.4) is 0 Å². The molecule has 2 N–H and O–H groups in total. The monoisotopic (exact) mass is 243 g/mol. The van der Waals surface area contributed by atoms with E-state index in [1.807, 2.05) is 20.8 Å². The van der Waals surface area contributed by atoms with E-state index in [2.05, 4.69) is 4.74 Å². The zero-order chi connectivity index (χ0) is 13.3. The van der Waals surface area contributed by atoms with Gasteiger partial charge < -0.3 is 15.2 Å². The number of hydrogen-bond acceptors (Lipinski definition) is 5. The molecule has 1 fully saturated rings. The Hall–Kier alpha value is -1.10. The van der Waals surface area contributed by atoms with Crippen LogP contribution >= 0.6 is 0 Å². The van der Waals surface area contributed by atoms with Crippen LogP contribution in [0, 0.1) is 5.92 Å². The van der Waals surface area contributed by atoms with Crippen molar-refractivity contribution >= 4 is 11.9 Å². The lowest BCUT2D eigenvalue weighted by Crippen LogP contribution is -2.46. The Morgan fingerprint density at radius 2 is 1.94 bits per heavy atom. The molecular weight excluding hydrogens is 222 g/mol. The first-order valence-electron chi connectivity index (χ1n) is 5.78. The highest BCUT2D eigenvalue weighted by molar-refractivity contribution is 5.83. The Bertz CT molecular complexity index is 321. The Morgan fingerprint density at radius 3 is 2.41 bits per heavy atom. The van der Waals surface area contributed by atoms with Crippen molar-refractivity contribution in [3.05, 3.63) is 0 Å². The fourth-order valence-corrected chi connectivity index (χ4v) is 2.05. The van der Waals surface area contributed by atoms with Gasteiger partial charge in [0, 0.05) is 0 Å². The molecule has 1 rings (SSSR count). The van der Waals surface area contributed by atoms with Gasteiger partial charge in [-0.1, -0.05) is 0 Å². The summed E-state index contributed by atoms with van der Waals surface area (Å²) in [5.41, 5.74) is 4.38. The van der Waals surface area contributed by atoms with E-state index in [4.69, 9.17) is 10.5 Å². The SMILES string of the molecule is COC(=O)C1(N)CCC(C(=O)OC(C)(C)C)C1. The number of carbonyl (C=O) groups is 2. The van der Waals surface area contributed by atoms with Crippen molar-refractivity contribution in [2.75, 3.05) is 7.11 Å². The Morgan fingerprint density at radius 1 is 1.35 bits per heavy atom. The zero-order valence-corrected chi connectivity index (χ0v) is 10.9. The predicted octanol–water partition coefficient (Wildman–Crippen LogP) is 0.999. The van der Waals surface area contributed by atoms with Crippen LogP contribution in [-0.4, -0.2) is 30.2 Å². The van der Waals surface area contributed by atoms with Gasteiger partial charge in [-0.25, -0.2) is 0 Å². The second-order valence-corrected chi connectivity index (χ2v) is 5.62. The van der Waals surface area contributed by atoms with E-state index in [9.17, 15) is 9.59 Å². The highest BCUT2D eigenvalue weighted by Crippen LogP contribution is 2.35. The van der Waals surface area contributed by atoms with Gasteiger partial charge >= 0.3 is 11.9 Å². The van der Waals surface area contributed by atoms with Crippen LogP contribution < -0.4 is 5.73 Å². The second-order valence-electron chi connectivity index (χ2n) is 5.62. The summed E-state index contributed by atoms with van der Waals surface area (Å²) in [7, 11) is 1.30. The highest BCUT2D eigenvalue weighted by atomic mass is 16.6. The van der Waals surface area contributed by atoms with E-state index >= 15 is 0 Å². The van der Waals surface area contributed by atoms with Crippen LogP contribution in [0.2, 0.25) is 0 Å². The number of esters is 2. The summed E-state index contributed by atoms with van der Waals surface area (Å²) in [5.74, 6) is -1.05. The van der Waals surface area contributed by atoms with Crippen molar-refractivity contribution in [2.24, 2.45) is 11.7 Å². The average molecular weight is 243 g/mol. The van der Waals surface area contributed by atoms with Crippen LogP contribution in [0.4, 0.5) is 0 Å². The van der Waals surface area contributed by atoms with E-state index in [-0.39, 0.29) is 11.9 Å². The summed E-state index contributed by atoms with van der Waals surface area (Å²) < 4.78 is 9.93. The molecule has 98 valence electrons. The van der Waals surface area contributed by atoms with Crippen LogP contribution in [0.25, 0.3) is 0 Å². The number of rotatable bonds is 2. The summed E-state index contributed by atoms with van der Waals surface area (Å²) in [4.78, 5) is 23.3. The molecule has 17 heavy (non-hydrogen) atoms. The molecule has 0 bridgehead atoms. The lowest BCUT2D eigenvalue weighted by molar-refractivity contribution is -0.160. The average Bonchev–Trinajstić information content (AvgIpc) is 2.58. The Balaban J connectivity index is 2.62. The fraction of sp³-hybridized carbons (Fsp3) is 0.833. The van der Waals surface area contributed by atoms with Gasteiger partial charge in [-0.05, 0) is 40.0 Å². The van der Waals surface area contributed by atoms with E-state index in [1.54, 1.807) is 0 Å². The minimum absolute atomic E-state index is 0.284. The summed E-state index contributed by atoms with van der Waals surface area (Å²) >= 11 is 0. The topological polar surface area (TPSA) is 78.6 Å². The van der Waals surface area contributed by atoms with Crippen molar-refractivity contribution in [1.82, 2.24) is 0 Å². The van der Waals surface area contributed by atoms with Crippen molar-refractivity contribution in [3.63, 3.8) is 0 Å². The number of carbonyl (C=O) groups excluding carboxylic acids is 2. The molecule has 0 spiro atoms. The first-order chi connectivity index (χ1) is 7.68. The molecule has 2 atom stereocenters. The molecule has 5 heteroatoms. The predicted molar refractivity (Wildman–Crippen MR) is 62.1 cm³/mol. The molecule has 0 aromatic heterocycles. The molecule has 1 saturated carbocycles. The van der Waals surface area contributed by atoms with Crippen molar-refractivity contribution in [3.8, 4) is 0 Å². The van der Waals surface area contributed by atoms with Crippen LogP contribution in [0.1, 0.15) is 40.0 Å². The molecular formula is C12H21NO4. The second kappa shape index (κ2) is 4.64. The summed E-state index contributed by atoms with van der Waals surface area (Å²) in [5, 5.41) is 0. The zero-order valence-electron chi connectivity index (χ0n) is 10.9. The molecule has 1 aliphatic rings. The van der Waals surface area contributed by atoms with Crippen LogP contribution in [-0.2, 0) is 19.1 Å². The highest BCUT2D eigenvalue weighted by Gasteiger charge is 2.46. The van der Waals surface area contributed by atoms with Gasteiger partial charge in [0.25, 0.3) is 0 Å². The molecule has 0 saturated heterocycles. The Labute approximate surface area is 102 Å². The normalized spacial score (nSPS) is 28.9. The van der Waals surface area contributed by atoms with Crippen molar-refractivity contribution in [2.45, 2.75) is 51.2 Å². The Kier molecular flexibility index (Phi) is 3.81. The molecule has 2 unspecified atom stereocenters. The molecule has 0 aromatic rings. The third-order valence-electron chi connectivity index (χ3n) is 2.88. The first-order valence-corrected chi connectivity index (χ1v) is 5.78. The van der Waals surface area contributed by atoms with Gasteiger partial charge in [0.1, 0.15) is 11.1 Å². The van der Waals surface area contributed by atoms with E-state index in [0.717, 1.165) is 0 Å². The quantitative estimate of drug-likeness (QED) is 0.732. The van der Waals surface area contributed by atoms with Gasteiger partial charge in [0.05, 0.1) is 13.0 Å². The number of ether oxygens (including phenoxy) is 2. The number of nitrogens with two attached hydrogens (primary N) is 1. The smallest absolute Gasteiger partial charge is 0.325 e. The van der Waals surface area contributed by atoms with Crippen LogP contribution in [0.15, 0.2) is 0 Å². The largest absolute Gasteiger partial charge is 0.468 e. The number of methoxy groups -OCH3 is 1. The van der Waals surface area contributed by atoms with Crippen molar-refractivity contribution in [1.29, 1.82) is 0 Å². The van der Waals surface area contributed by atoms with Gasteiger partial charge in [-0.2, -0.15) is 0 Å². The van der Waals surface area contributed by atoms with Gasteiger partial charge in [0.15, 0.2) is 0 Å². The fourth-order valence-electron chi connectivity index (χ4n) is 2.05. The van der Waals surface area contributed by atoms with E-state index in [1.165, 1.54) is 7.11 Å². The summed E-state index contributed by atoms with van der Waals surface area (Å²) in [6, 6.07) is 0. The third-order valence-corrected chi connectivity index (χ3v) is 2.88. The maximum Gasteiger partial charge on any atom is 0.325 e. The molecule has 0 aliphatic heterocycles. The minimum Gasteiger partial charge on any atom is -0.468 e. The molecule has 0 amide bonds. The number of hydrogen-bond donors (Lipinski definition) is 1. The van der Waals surface area contributed by atoms with Crippen molar-refractivity contribution < 1.29 is 19.1 Å². The van der Waals surface area contributed by atoms with Gasteiger partial charge in [0.2, 0.25) is 0 Å². The molecule has 0 heterocycles. The molecule has 0 radical (unpaired) electrons. The summed E-state index contributed by atoms with van der Waals surface area (Å²) in [6.07, 6.45) is 1.33. The maximum absolute atomic E-state index is 11.8. The van der Waals surface area contributed by atoms with Crippen LogP contribution in [0.5, 0.6) is 0 Å². The third kappa shape index (κ3) is 3.43. The van der Waals surface area contributed by atoms with Gasteiger partial charge in [-0.15, -0.1) is 0 Å². The first kappa shape index (κ1) is 14.0. The van der Waals surface area contributed by atoms with Gasteiger partial charge in [-0.3, -0.25) is 9.59 Å². The molecule has 1 aliphatic carbocycles. The lowest BCUT2D eigenvalue weighted by atomic mass is 9.97.